The molecule has 0 bridgehead atoms. The topological polar surface area (TPSA) is 37.4 Å². The summed E-state index contributed by atoms with van der Waals surface area (Å²) in [6.45, 7) is 5.32. The fourth-order valence-electron chi connectivity index (χ4n) is 2.33. The normalized spacial score (nSPS) is 22.9. The van der Waals surface area contributed by atoms with Crippen molar-refractivity contribution in [2.75, 3.05) is 18.8 Å². The second-order valence-electron chi connectivity index (χ2n) is 5.28. The SMILES string of the molecule is CC(C)CS(=O)(=O)N1CCC(=C2CC2)CC1. The highest BCUT2D eigenvalue weighted by Gasteiger charge is 2.28. The number of piperidine rings is 1. The van der Waals surface area contributed by atoms with Crippen molar-refractivity contribution in [1.82, 2.24) is 4.31 Å². The summed E-state index contributed by atoms with van der Waals surface area (Å²) in [6.07, 6.45) is 4.45. The molecule has 0 N–H and O–H groups in total. The Labute approximate surface area is 98.6 Å². The summed E-state index contributed by atoms with van der Waals surface area (Å²) in [5.74, 6) is 0.506. The molecule has 2 fully saturated rings. The van der Waals surface area contributed by atoms with E-state index < -0.39 is 10.0 Å². The summed E-state index contributed by atoms with van der Waals surface area (Å²) >= 11 is 0. The van der Waals surface area contributed by atoms with Gasteiger partial charge in [-0.2, -0.15) is 0 Å². The molecule has 0 aromatic carbocycles. The summed E-state index contributed by atoms with van der Waals surface area (Å²) in [5, 5.41) is 0. The Hall–Kier alpha value is -0.350. The molecular formula is C12H21NO2S. The zero-order chi connectivity index (χ0) is 11.8. The van der Waals surface area contributed by atoms with Gasteiger partial charge in [0.15, 0.2) is 0 Å². The van der Waals surface area contributed by atoms with Gasteiger partial charge in [0.1, 0.15) is 0 Å². The van der Waals surface area contributed by atoms with Gasteiger partial charge in [-0.15, -0.1) is 0 Å². The second-order valence-corrected chi connectivity index (χ2v) is 7.29. The van der Waals surface area contributed by atoms with Crippen LogP contribution in [0.2, 0.25) is 0 Å². The first kappa shape index (κ1) is 12.1. The smallest absolute Gasteiger partial charge is 0.212 e. The molecule has 0 radical (unpaired) electrons. The molecule has 0 amide bonds. The summed E-state index contributed by atoms with van der Waals surface area (Å²) < 4.78 is 25.7. The highest BCUT2D eigenvalue weighted by Crippen LogP contribution is 2.36. The van der Waals surface area contributed by atoms with Crippen LogP contribution in [0, 0.1) is 5.92 Å². The molecule has 0 spiro atoms. The molecule has 0 aromatic heterocycles. The molecule has 2 rings (SSSR count). The third kappa shape index (κ3) is 2.86. The van der Waals surface area contributed by atoms with E-state index >= 15 is 0 Å². The third-order valence-electron chi connectivity index (χ3n) is 3.26. The molecule has 2 aliphatic rings. The summed E-state index contributed by atoms with van der Waals surface area (Å²) in [7, 11) is -3.00. The number of hydrogen-bond acceptors (Lipinski definition) is 2. The van der Waals surface area contributed by atoms with Crippen molar-refractivity contribution in [3.05, 3.63) is 11.1 Å². The van der Waals surface area contributed by atoms with Crippen molar-refractivity contribution in [1.29, 1.82) is 0 Å². The molecule has 0 atom stereocenters. The Kier molecular flexibility index (Phi) is 3.40. The minimum absolute atomic E-state index is 0.216. The molecule has 1 saturated carbocycles. The van der Waals surface area contributed by atoms with Gasteiger partial charge in [0, 0.05) is 13.1 Å². The maximum Gasteiger partial charge on any atom is 0.214 e. The molecule has 1 aliphatic heterocycles. The number of allylic oxidation sites excluding steroid dienone is 1. The van der Waals surface area contributed by atoms with Crippen LogP contribution in [0.5, 0.6) is 0 Å². The second kappa shape index (κ2) is 4.49. The number of hydrogen-bond donors (Lipinski definition) is 0. The monoisotopic (exact) mass is 243 g/mol. The maximum atomic E-state index is 12.0. The van der Waals surface area contributed by atoms with Crippen LogP contribution in [0.3, 0.4) is 0 Å². The Morgan fingerprint density at radius 1 is 1.06 bits per heavy atom. The van der Waals surface area contributed by atoms with Crippen molar-refractivity contribution >= 4 is 10.0 Å². The molecule has 0 aromatic rings. The Morgan fingerprint density at radius 3 is 2.00 bits per heavy atom. The number of sulfonamides is 1. The zero-order valence-electron chi connectivity index (χ0n) is 10.2. The van der Waals surface area contributed by atoms with Crippen molar-refractivity contribution in [3.8, 4) is 0 Å². The highest BCUT2D eigenvalue weighted by atomic mass is 32.2. The summed E-state index contributed by atoms with van der Waals surface area (Å²) in [4.78, 5) is 0. The van der Waals surface area contributed by atoms with Crippen LogP contribution in [0.4, 0.5) is 0 Å². The van der Waals surface area contributed by atoms with Crippen LogP contribution < -0.4 is 0 Å². The van der Waals surface area contributed by atoms with E-state index in [9.17, 15) is 8.42 Å². The molecule has 16 heavy (non-hydrogen) atoms. The van der Waals surface area contributed by atoms with Gasteiger partial charge in [-0.05, 0) is 31.6 Å². The average Bonchev–Trinajstić information content (AvgIpc) is 2.99. The van der Waals surface area contributed by atoms with Gasteiger partial charge in [-0.1, -0.05) is 25.0 Å². The van der Waals surface area contributed by atoms with E-state index in [-0.39, 0.29) is 5.92 Å². The predicted octanol–water partition coefficient (Wildman–Crippen LogP) is 2.16. The van der Waals surface area contributed by atoms with Crippen molar-refractivity contribution < 1.29 is 8.42 Å². The molecule has 1 heterocycles. The van der Waals surface area contributed by atoms with Crippen molar-refractivity contribution in [3.63, 3.8) is 0 Å². The molecule has 1 saturated heterocycles. The molecule has 3 nitrogen and oxygen atoms in total. The van der Waals surface area contributed by atoms with Crippen LogP contribution in [-0.2, 0) is 10.0 Å². The molecule has 0 unspecified atom stereocenters. The first-order valence-electron chi connectivity index (χ1n) is 6.16. The van der Waals surface area contributed by atoms with Gasteiger partial charge < -0.3 is 0 Å². The maximum absolute atomic E-state index is 12.0. The van der Waals surface area contributed by atoms with Gasteiger partial charge in [0.05, 0.1) is 5.75 Å². The lowest BCUT2D eigenvalue weighted by Gasteiger charge is -2.28. The zero-order valence-corrected chi connectivity index (χ0v) is 11.0. The van der Waals surface area contributed by atoms with Crippen molar-refractivity contribution in [2.24, 2.45) is 5.92 Å². The summed E-state index contributed by atoms with van der Waals surface area (Å²) in [5.41, 5.74) is 3.14. The lowest BCUT2D eigenvalue weighted by molar-refractivity contribution is 0.383. The molecule has 1 aliphatic carbocycles. The van der Waals surface area contributed by atoms with Gasteiger partial charge in [0.2, 0.25) is 10.0 Å². The van der Waals surface area contributed by atoms with Crippen LogP contribution in [0.15, 0.2) is 11.1 Å². The van der Waals surface area contributed by atoms with E-state index in [0.29, 0.717) is 18.8 Å². The van der Waals surface area contributed by atoms with Gasteiger partial charge in [0.25, 0.3) is 0 Å². The van der Waals surface area contributed by atoms with E-state index in [1.165, 1.54) is 18.4 Å². The van der Waals surface area contributed by atoms with Crippen LogP contribution in [-0.4, -0.2) is 31.6 Å². The largest absolute Gasteiger partial charge is 0.214 e. The van der Waals surface area contributed by atoms with Gasteiger partial charge in [-0.25, -0.2) is 12.7 Å². The Bertz CT molecular complexity index is 379. The lowest BCUT2D eigenvalue weighted by Crippen LogP contribution is -2.38. The third-order valence-corrected chi connectivity index (χ3v) is 5.50. The summed E-state index contributed by atoms with van der Waals surface area (Å²) in [6, 6.07) is 0. The molecule has 92 valence electrons. The van der Waals surface area contributed by atoms with Crippen LogP contribution in [0.25, 0.3) is 0 Å². The minimum atomic E-state index is -3.00. The minimum Gasteiger partial charge on any atom is -0.212 e. The predicted molar refractivity (Wildman–Crippen MR) is 65.7 cm³/mol. The van der Waals surface area contributed by atoms with Crippen LogP contribution in [0.1, 0.15) is 39.5 Å². The highest BCUT2D eigenvalue weighted by molar-refractivity contribution is 7.89. The Balaban J connectivity index is 1.95. The van der Waals surface area contributed by atoms with E-state index in [1.54, 1.807) is 9.88 Å². The first-order valence-corrected chi connectivity index (χ1v) is 7.77. The van der Waals surface area contributed by atoms with E-state index in [2.05, 4.69) is 0 Å². The number of nitrogens with zero attached hydrogens (tertiary/aromatic N) is 1. The fraction of sp³-hybridized carbons (Fsp3) is 0.833. The van der Waals surface area contributed by atoms with E-state index in [0.717, 1.165) is 12.8 Å². The number of rotatable bonds is 3. The first-order chi connectivity index (χ1) is 7.49. The lowest BCUT2D eigenvalue weighted by atomic mass is 10.1. The van der Waals surface area contributed by atoms with E-state index in [4.69, 9.17) is 0 Å². The fourth-order valence-corrected chi connectivity index (χ4v) is 4.12. The van der Waals surface area contributed by atoms with Crippen molar-refractivity contribution in [2.45, 2.75) is 39.5 Å². The van der Waals surface area contributed by atoms with Gasteiger partial charge >= 0.3 is 0 Å². The van der Waals surface area contributed by atoms with E-state index in [1.807, 2.05) is 13.8 Å². The van der Waals surface area contributed by atoms with Gasteiger partial charge in [-0.3, -0.25) is 0 Å². The molecule has 4 heteroatoms. The average molecular weight is 243 g/mol. The van der Waals surface area contributed by atoms with Crippen LogP contribution >= 0.6 is 0 Å². The molecular weight excluding hydrogens is 222 g/mol. The Morgan fingerprint density at radius 2 is 1.56 bits per heavy atom. The quantitative estimate of drug-likeness (QED) is 0.712. The standard InChI is InChI=1S/C12H21NO2S/c1-10(2)9-16(14,15)13-7-5-12(6-8-13)11-3-4-11/h10H,3-9H2,1-2H3.